The highest BCUT2D eigenvalue weighted by molar-refractivity contribution is 5.84. The fraction of sp³-hybridized carbons (Fsp3) is 0.381. The van der Waals surface area contributed by atoms with Crippen molar-refractivity contribution < 1.29 is 14.3 Å². The SMILES string of the molecule is COc1ccc(CN(C)C(=O)[C@@H]2C[C@]23CCOc2ccccc23)cc1. The lowest BCUT2D eigenvalue weighted by atomic mass is 9.87. The summed E-state index contributed by atoms with van der Waals surface area (Å²) in [5, 5.41) is 0. The summed E-state index contributed by atoms with van der Waals surface area (Å²) in [6, 6.07) is 16.0. The van der Waals surface area contributed by atoms with E-state index in [1.54, 1.807) is 7.11 Å². The van der Waals surface area contributed by atoms with Crippen molar-refractivity contribution >= 4 is 5.91 Å². The van der Waals surface area contributed by atoms with Gasteiger partial charge in [-0.15, -0.1) is 0 Å². The zero-order chi connectivity index (χ0) is 17.4. The van der Waals surface area contributed by atoms with Crippen LogP contribution >= 0.6 is 0 Å². The van der Waals surface area contributed by atoms with E-state index in [0.717, 1.165) is 29.9 Å². The first kappa shape index (κ1) is 16.0. The third kappa shape index (κ3) is 2.76. The molecule has 0 bridgehead atoms. The van der Waals surface area contributed by atoms with Gasteiger partial charge in [-0.25, -0.2) is 0 Å². The lowest BCUT2D eigenvalue weighted by Gasteiger charge is -2.27. The number of carbonyl (C=O) groups excluding carboxylic acids is 1. The number of para-hydroxylation sites is 1. The van der Waals surface area contributed by atoms with Gasteiger partial charge in [0.15, 0.2) is 0 Å². The molecule has 1 aliphatic carbocycles. The second-order valence-electron chi connectivity index (χ2n) is 7.05. The van der Waals surface area contributed by atoms with Crippen LogP contribution in [0.2, 0.25) is 0 Å². The lowest BCUT2D eigenvalue weighted by Crippen LogP contribution is -2.32. The Bertz CT molecular complexity index is 786. The molecule has 0 unspecified atom stereocenters. The molecule has 1 aliphatic heterocycles. The standard InChI is InChI=1S/C21H23NO3/c1-22(14-15-7-9-16(24-2)10-8-15)20(23)18-13-21(18)11-12-25-19-6-4-3-5-17(19)21/h3-10,18H,11-14H2,1-2H3/t18-,21-/m0/s1. The van der Waals surface area contributed by atoms with Crippen LogP contribution in [-0.2, 0) is 16.8 Å². The Morgan fingerprint density at radius 2 is 2.00 bits per heavy atom. The molecule has 2 aromatic rings. The topological polar surface area (TPSA) is 38.8 Å². The summed E-state index contributed by atoms with van der Waals surface area (Å²) in [6.07, 6.45) is 1.86. The van der Waals surface area contributed by atoms with Crippen molar-refractivity contribution in [2.45, 2.75) is 24.8 Å². The van der Waals surface area contributed by atoms with Gasteiger partial charge in [0.05, 0.1) is 13.7 Å². The Morgan fingerprint density at radius 3 is 2.76 bits per heavy atom. The van der Waals surface area contributed by atoms with Crippen LogP contribution in [0.5, 0.6) is 11.5 Å². The van der Waals surface area contributed by atoms with Gasteiger partial charge in [0.25, 0.3) is 0 Å². The van der Waals surface area contributed by atoms with Gasteiger partial charge in [0.1, 0.15) is 11.5 Å². The van der Waals surface area contributed by atoms with Gasteiger partial charge in [0, 0.05) is 30.5 Å². The van der Waals surface area contributed by atoms with E-state index in [-0.39, 0.29) is 17.2 Å². The van der Waals surface area contributed by atoms with Crippen molar-refractivity contribution in [1.82, 2.24) is 4.90 Å². The first-order chi connectivity index (χ1) is 12.1. The van der Waals surface area contributed by atoms with Crippen LogP contribution in [0.4, 0.5) is 0 Å². The zero-order valence-corrected chi connectivity index (χ0v) is 14.7. The molecule has 1 heterocycles. The van der Waals surface area contributed by atoms with Crippen molar-refractivity contribution in [2.75, 3.05) is 20.8 Å². The summed E-state index contributed by atoms with van der Waals surface area (Å²) in [7, 11) is 3.55. The highest BCUT2D eigenvalue weighted by atomic mass is 16.5. The molecule has 0 saturated heterocycles. The number of ether oxygens (including phenoxy) is 2. The van der Waals surface area contributed by atoms with Crippen molar-refractivity contribution in [1.29, 1.82) is 0 Å². The molecule has 4 nitrogen and oxygen atoms in total. The third-order valence-electron chi connectivity index (χ3n) is 5.56. The summed E-state index contributed by atoms with van der Waals surface area (Å²) in [5.41, 5.74) is 2.30. The van der Waals surface area contributed by atoms with Gasteiger partial charge in [-0.3, -0.25) is 4.79 Å². The quantitative estimate of drug-likeness (QED) is 0.858. The Labute approximate surface area is 148 Å². The normalized spacial score (nSPS) is 23.5. The molecule has 2 atom stereocenters. The maximum atomic E-state index is 13.0. The highest BCUT2D eigenvalue weighted by Crippen LogP contribution is 2.61. The van der Waals surface area contributed by atoms with Crippen LogP contribution in [0.1, 0.15) is 24.0 Å². The molecule has 4 rings (SSSR count). The molecule has 1 fully saturated rings. The number of benzene rings is 2. The van der Waals surface area contributed by atoms with Crippen LogP contribution in [0.15, 0.2) is 48.5 Å². The van der Waals surface area contributed by atoms with Gasteiger partial charge in [-0.1, -0.05) is 30.3 Å². The first-order valence-electron chi connectivity index (χ1n) is 8.74. The van der Waals surface area contributed by atoms with Crippen LogP contribution in [0, 0.1) is 5.92 Å². The summed E-state index contributed by atoms with van der Waals surface area (Å²) < 4.78 is 11.0. The third-order valence-corrected chi connectivity index (χ3v) is 5.56. The first-order valence-corrected chi connectivity index (χ1v) is 8.74. The van der Waals surface area contributed by atoms with Gasteiger partial charge in [0.2, 0.25) is 5.91 Å². The van der Waals surface area contributed by atoms with E-state index in [1.165, 1.54) is 5.56 Å². The molecule has 1 amide bonds. The van der Waals surface area contributed by atoms with E-state index in [9.17, 15) is 4.79 Å². The molecule has 0 aromatic heterocycles. The van der Waals surface area contributed by atoms with E-state index in [1.807, 2.05) is 54.4 Å². The number of methoxy groups -OCH3 is 1. The fourth-order valence-corrected chi connectivity index (χ4v) is 4.03. The van der Waals surface area contributed by atoms with Crippen molar-refractivity contribution in [3.63, 3.8) is 0 Å². The molecule has 2 aromatic carbocycles. The Balaban J connectivity index is 1.47. The van der Waals surface area contributed by atoms with Gasteiger partial charge < -0.3 is 14.4 Å². The number of nitrogens with zero attached hydrogens (tertiary/aromatic N) is 1. The summed E-state index contributed by atoms with van der Waals surface area (Å²) in [5.74, 6) is 2.08. The number of rotatable bonds is 4. The minimum atomic E-state index is -0.0138. The van der Waals surface area contributed by atoms with E-state index < -0.39 is 0 Å². The molecule has 1 saturated carbocycles. The largest absolute Gasteiger partial charge is 0.497 e. The van der Waals surface area contributed by atoms with Crippen LogP contribution < -0.4 is 9.47 Å². The predicted molar refractivity (Wildman–Crippen MR) is 95.8 cm³/mol. The second-order valence-corrected chi connectivity index (χ2v) is 7.05. The van der Waals surface area contributed by atoms with Crippen LogP contribution in [-0.4, -0.2) is 31.6 Å². The number of hydrogen-bond donors (Lipinski definition) is 0. The minimum Gasteiger partial charge on any atom is -0.497 e. The fourth-order valence-electron chi connectivity index (χ4n) is 4.03. The molecular formula is C21H23NO3. The Hall–Kier alpha value is -2.49. The van der Waals surface area contributed by atoms with Crippen molar-refractivity contribution in [3.05, 3.63) is 59.7 Å². The molecule has 2 aliphatic rings. The smallest absolute Gasteiger partial charge is 0.226 e. The Morgan fingerprint density at radius 1 is 1.24 bits per heavy atom. The number of hydrogen-bond acceptors (Lipinski definition) is 3. The molecular weight excluding hydrogens is 314 g/mol. The molecule has 0 N–H and O–H groups in total. The molecule has 0 radical (unpaired) electrons. The van der Waals surface area contributed by atoms with Crippen molar-refractivity contribution in [2.24, 2.45) is 5.92 Å². The summed E-state index contributed by atoms with van der Waals surface area (Å²) in [6.45, 7) is 1.32. The zero-order valence-electron chi connectivity index (χ0n) is 14.7. The summed E-state index contributed by atoms with van der Waals surface area (Å²) in [4.78, 5) is 14.8. The van der Waals surface area contributed by atoms with E-state index >= 15 is 0 Å². The highest BCUT2D eigenvalue weighted by Gasteiger charge is 2.61. The van der Waals surface area contributed by atoms with E-state index in [4.69, 9.17) is 9.47 Å². The predicted octanol–water partition coefficient (Wildman–Crippen LogP) is 3.39. The maximum absolute atomic E-state index is 13.0. The lowest BCUT2D eigenvalue weighted by molar-refractivity contribution is -0.132. The Kier molecular flexibility index (Phi) is 3.91. The number of carbonyl (C=O) groups is 1. The molecule has 1 spiro atoms. The second kappa shape index (κ2) is 6.10. The van der Waals surface area contributed by atoms with Gasteiger partial charge >= 0.3 is 0 Å². The van der Waals surface area contributed by atoms with E-state index in [0.29, 0.717) is 13.2 Å². The number of amides is 1. The van der Waals surface area contributed by atoms with Gasteiger partial charge in [-0.2, -0.15) is 0 Å². The average Bonchev–Trinajstić information content (AvgIpc) is 3.36. The van der Waals surface area contributed by atoms with Crippen molar-refractivity contribution in [3.8, 4) is 11.5 Å². The maximum Gasteiger partial charge on any atom is 0.226 e. The molecule has 130 valence electrons. The monoisotopic (exact) mass is 337 g/mol. The average molecular weight is 337 g/mol. The molecule has 25 heavy (non-hydrogen) atoms. The minimum absolute atomic E-state index is 0.0138. The van der Waals surface area contributed by atoms with E-state index in [2.05, 4.69) is 6.07 Å². The number of fused-ring (bicyclic) bond motifs is 2. The van der Waals surface area contributed by atoms with Crippen LogP contribution in [0.3, 0.4) is 0 Å². The van der Waals surface area contributed by atoms with Crippen LogP contribution in [0.25, 0.3) is 0 Å². The molecule has 4 heteroatoms. The summed E-state index contributed by atoms with van der Waals surface area (Å²) >= 11 is 0. The van der Waals surface area contributed by atoms with Gasteiger partial charge in [-0.05, 0) is 36.6 Å².